The average molecular weight is 545 g/mol. The SMILES string of the molecule is C=S(C)(=O)C1=CC=C(c2nc3cnccn3c2NC(C)C(=O)N2CCN(c3cccc(C)c3)C(C)C2)C=CC1. The quantitative estimate of drug-likeness (QED) is 0.470. The highest BCUT2D eigenvalue weighted by atomic mass is 32.2. The molecule has 1 fully saturated rings. The summed E-state index contributed by atoms with van der Waals surface area (Å²) in [5, 5.41) is 3.46. The van der Waals surface area contributed by atoms with Crippen LogP contribution in [-0.4, -0.2) is 73.2 Å². The smallest absolute Gasteiger partial charge is 0.244 e. The summed E-state index contributed by atoms with van der Waals surface area (Å²) in [5.41, 5.74) is 4.68. The third-order valence-corrected chi connectivity index (χ3v) is 8.73. The molecule has 3 heterocycles. The molecule has 3 aromatic rings. The van der Waals surface area contributed by atoms with Crippen molar-refractivity contribution in [2.45, 2.75) is 39.3 Å². The standard InChI is InChI=1S/C30H36N6O2S/c1-21-8-6-10-25(18-21)35-17-16-34(20-22(35)2)30(37)23(3)32-29-28(33-27-19-31-14-15-36(27)29)24-9-7-11-26(13-12-24)39(4,5)38/h6-10,12-15,18-19,22-23,32H,4,11,16-17,20H2,1-3,5H3. The molecule has 1 saturated heterocycles. The molecule has 2 aromatic heterocycles. The minimum Gasteiger partial charge on any atom is -0.365 e. The largest absolute Gasteiger partial charge is 0.365 e. The number of hydrogen-bond donors (Lipinski definition) is 1. The summed E-state index contributed by atoms with van der Waals surface area (Å²) in [5.74, 6) is 4.60. The van der Waals surface area contributed by atoms with Gasteiger partial charge in [-0.15, -0.1) is 0 Å². The van der Waals surface area contributed by atoms with Crippen molar-refractivity contribution in [1.29, 1.82) is 0 Å². The van der Waals surface area contributed by atoms with E-state index >= 15 is 0 Å². The van der Waals surface area contributed by atoms with E-state index in [1.54, 1.807) is 18.6 Å². The number of piperazine rings is 1. The predicted molar refractivity (Wildman–Crippen MR) is 162 cm³/mol. The van der Waals surface area contributed by atoms with Crippen LogP contribution >= 0.6 is 0 Å². The Kier molecular flexibility index (Phi) is 7.36. The number of hydrogen-bond acceptors (Lipinski definition) is 6. The molecule has 204 valence electrons. The van der Waals surface area contributed by atoms with E-state index in [0.29, 0.717) is 30.9 Å². The molecule has 2 aliphatic rings. The van der Waals surface area contributed by atoms with Crippen molar-refractivity contribution in [2.75, 3.05) is 36.1 Å². The molecule has 1 aromatic carbocycles. The number of benzene rings is 1. The molecule has 3 unspecified atom stereocenters. The summed E-state index contributed by atoms with van der Waals surface area (Å²) in [4.78, 5) is 27.8. The van der Waals surface area contributed by atoms with E-state index in [4.69, 9.17) is 4.98 Å². The molecule has 1 aliphatic heterocycles. The fourth-order valence-corrected chi connectivity index (χ4v) is 6.03. The van der Waals surface area contributed by atoms with E-state index in [2.05, 4.69) is 59.2 Å². The molecule has 0 bridgehead atoms. The van der Waals surface area contributed by atoms with Crippen LogP contribution in [0.15, 0.2) is 72.1 Å². The van der Waals surface area contributed by atoms with Gasteiger partial charge in [-0.3, -0.25) is 18.4 Å². The van der Waals surface area contributed by atoms with Crippen molar-refractivity contribution >= 4 is 44.0 Å². The monoisotopic (exact) mass is 544 g/mol. The first-order valence-electron chi connectivity index (χ1n) is 13.2. The maximum Gasteiger partial charge on any atom is 0.244 e. The van der Waals surface area contributed by atoms with Crippen LogP contribution < -0.4 is 10.2 Å². The maximum atomic E-state index is 13.6. The summed E-state index contributed by atoms with van der Waals surface area (Å²) in [6.07, 6.45) is 15.2. The molecule has 9 heteroatoms. The van der Waals surface area contributed by atoms with E-state index in [0.717, 1.165) is 22.8 Å². The maximum absolute atomic E-state index is 13.6. The van der Waals surface area contributed by atoms with Crippen LogP contribution in [0.1, 0.15) is 31.5 Å². The fourth-order valence-electron chi connectivity index (χ4n) is 5.22. The number of nitrogens with zero attached hydrogens (tertiary/aromatic N) is 5. The molecule has 1 N–H and O–H groups in total. The third kappa shape index (κ3) is 5.63. The summed E-state index contributed by atoms with van der Waals surface area (Å²) in [6, 6.07) is 8.26. The summed E-state index contributed by atoms with van der Waals surface area (Å²) in [6.45, 7) is 8.28. The van der Waals surface area contributed by atoms with Crippen molar-refractivity contribution in [3.8, 4) is 0 Å². The number of amides is 1. The number of rotatable bonds is 6. The second-order valence-corrected chi connectivity index (χ2v) is 13.0. The van der Waals surface area contributed by atoms with Crippen molar-refractivity contribution in [1.82, 2.24) is 19.3 Å². The summed E-state index contributed by atoms with van der Waals surface area (Å²) < 4.78 is 14.4. The number of carbonyl (C=O) groups is 1. The molecule has 0 spiro atoms. The lowest BCUT2D eigenvalue weighted by molar-refractivity contribution is -0.132. The number of imidazole rings is 1. The second-order valence-electron chi connectivity index (χ2n) is 10.5. The highest BCUT2D eigenvalue weighted by molar-refractivity contribution is 8.03. The van der Waals surface area contributed by atoms with Crippen molar-refractivity contribution < 1.29 is 9.00 Å². The Labute approximate surface area is 230 Å². The van der Waals surface area contributed by atoms with Gasteiger partial charge in [0.05, 0.1) is 6.20 Å². The normalized spacial score (nSPS) is 20.2. The van der Waals surface area contributed by atoms with Crippen molar-refractivity contribution in [2.24, 2.45) is 0 Å². The predicted octanol–water partition coefficient (Wildman–Crippen LogP) is 4.15. The van der Waals surface area contributed by atoms with Crippen LogP contribution in [0, 0.1) is 6.92 Å². The minimum absolute atomic E-state index is 0.0519. The molecule has 0 saturated carbocycles. The molecule has 0 radical (unpaired) electrons. The lowest BCUT2D eigenvalue weighted by Crippen LogP contribution is -2.56. The lowest BCUT2D eigenvalue weighted by atomic mass is 10.1. The number of carbonyl (C=O) groups excluding carboxylic acids is 1. The first-order valence-corrected chi connectivity index (χ1v) is 15.4. The summed E-state index contributed by atoms with van der Waals surface area (Å²) >= 11 is 0. The molecule has 39 heavy (non-hydrogen) atoms. The zero-order valence-corrected chi connectivity index (χ0v) is 23.8. The van der Waals surface area contributed by atoms with Gasteiger partial charge in [0.15, 0.2) is 5.65 Å². The molecule has 8 nitrogen and oxygen atoms in total. The molecule has 5 rings (SSSR count). The van der Waals surface area contributed by atoms with Gasteiger partial charge in [-0.2, -0.15) is 0 Å². The molecule has 1 amide bonds. The molecule has 1 aliphatic carbocycles. The van der Waals surface area contributed by atoms with Crippen molar-refractivity contribution in [3.63, 3.8) is 0 Å². The van der Waals surface area contributed by atoms with Gasteiger partial charge >= 0.3 is 0 Å². The van der Waals surface area contributed by atoms with Gasteiger partial charge in [-0.1, -0.05) is 30.4 Å². The number of nitrogens with one attached hydrogen (secondary N) is 1. The van der Waals surface area contributed by atoms with E-state index in [1.807, 2.05) is 46.7 Å². The number of anilines is 2. The van der Waals surface area contributed by atoms with Gasteiger partial charge in [0.25, 0.3) is 0 Å². The Hall–Kier alpha value is -3.85. The first-order chi connectivity index (χ1) is 18.6. The van der Waals surface area contributed by atoms with Crippen LogP contribution in [-0.2, 0) is 14.3 Å². The summed E-state index contributed by atoms with van der Waals surface area (Å²) in [7, 11) is -2.30. The van der Waals surface area contributed by atoms with Gasteiger partial charge in [-0.25, -0.2) is 4.98 Å². The Balaban J connectivity index is 1.38. The van der Waals surface area contributed by atoms with E-state index in [1.165, 1.54) is 11.3 Å². The third-order valence-electron chi connectivity index (χ3n) is 7.32. The van der Waals surface area contributed by atoms with Gasteiger partial charge in [-0.05, 0) is 66.4 Å². The first kappa shape index (κ1) is 26.7. The van der Waals surface area contributed by atoms with Crippen LogP contribution in [0.25, 0.3) is 11.2 Å². The van der Waals surface area contributed by atoms with Crippen LogP contribution in [0.4, 0.5) is 11.5 Å². The number of allylic oxidation sites excluding steroid dienone is 6. The average Bonchev–Trinajstić information content (AvgIpc) is 3.07. The van der Waals surface area contributed by atoms with Crippen LogP contribution in [0.2, 0.25) is 0 Å². The van der Waals surface area contributed by atoms with E-state index in [9.17, 15) is 9.00 Å². The number of aromatic nitrogens is 3. The molecule has 3 atom stereocenters. The Morgan fingerprint density at radius 2 is 2.08 bits per heavy atom. The zero-order chi connectivity index (χ0) is 27.7. The van der Waals surface area contributed by atoms with E-state index < -0.39 is 15.6 Å². The molecular formula is C30H36N6O2S. The van der Waals surface area contributed by atoms with Gasteiger partial charge in [0, 0.05) is 60.5 Å². The topological polar surface area (TPSA) is 82.8 Å². The Morgan fingerprint density at radius 1 is 1.26 bits per heavy atom. The Morgan fingerprint density at radius 3 is 2.82 bits per heavy atom. The van der Waals surface area contributed by atoms with Gasteiger partial charge < -0.3 is 15.1 Å². The minimum atomic E-state index is -2.30. The fraction of sp³-hybridized carbons (Fsp3) is 0.333. The number of aryl methyl sites for hydroxylation is 1. The van der Waals surface area contributed by atoms with Gasteiger partial charge in [0.2, 0.25) is 5.91 Å². The highest BCUT2D eigenvalue weighted by Crippen LogP contribution is 2.30. The number of fused-ring (bicyclic) bond motifs is 1. The zero-order valence-electron chi connectivity index (χ0n) is 23.0. The van der Waals surface area contributed by atoms with E-state index in [-0.39, 0.29) is 11.9 Å². The van der Waals surface area contributed by atoms with Gasteiger partial charge in [0.1, 0.15) is 17.6 Å². The van der Waals surface area contributed by atoms with Crippen molar-refractivity contribution in [3.05, 3.63) is 83.3 Å². The van der Waals surface area contributed by atoms with Crippen LogP contribution in [0.3, 0.4) is 0 Å². The second kappa shape index (κ2) is 10.7. The van der Waals surface area contributed by atoms with Crippen LogP contribution in [0.5, 0.6) is 0 Å². The Bertz CT molecular complexity index is 1600. The molecular weight excluding hydrogens is 508 g/mol. The highest BCUT2D eigenvalue weighted by Gasteiger charge is 2.30. The lowest BCUT2D eigenvalue weighted by Gasteiger charge is -2.42.